The van der Waals surface area contributed by atoms with Crippen LogP contribution in [-0.4, -0.2) is 54.7 Å². The fraction of sp³-hybridized carbons (Fsp3) is 0.500. The van der Waals surface area contributed by atoms with Gasteiger partial charge in [0.05, 0.1) is 24.6 Å². The van der Waals surface area contributed by atoms with Gasteiger partial charge in [-0.15, -0.1) is 0 Å². The van der Waals surface area contributed by atoms with E-state index in [9.17, 15) is 14.4 Å². The summed E-state index contributed by atoms with van der Waals surface area (Å²) in [4.78, 5) is 36.0. The number of hydrogen-bond donors (Lipinski definition) is 5. The van der Waals surface area contributed by atoms with Crippen molar-refractivity contribution >= 4 is 17.7 Å². The van der Waals surface area contributed by atoms with Gasteiger partial charge in [-0.05, 0) is 33.0 Å². The van der Waals surface area contributed by atoms with Crippen molar-refractivity contribution in [1.29, 1.82) is 0 Å². The normalized spacial score (nSPS) is 13.9. The molecule has 0 saturated heterocycles. The second-order valence-electron chi connectivity index (χ2n) is 7.70. The first-order valence-electron chi connectivity index (χ1n) is 11.6. The van der Waals surface area contributed by atoms with Crippen LogP contribution in [0.2, 0.25) is 0 Å². The molecule has 1 aliphatic rings. The molecule has 1 fully saturated rings. The monoisotopic (exact) mass is 473 g/mol. The first-order valence-corrected chi connectivity index (χ1v) is 11.6. The van der Waals surface area contributed by atoms with Crippen molar-refractivity contribution in [2.24, 2.45) is 17.2 Å². The number of nitrogens with two attached hydrogens (primary N) is 3. The molecule has 1 atom stereocenters. The molecule has 0 unspecified atom stereocenters. The number of primary amides is 1. The summed E-state index contributed by atoms with van der Waals surface area (Å²) in [6.07, 6.45) is 5.41. The molecule has 0 bridgehead atoms. The van der Waals surface area contributed by atoms with Crippen LogP contribution in [0.15, 0.2) is 36.4 Å². The highest BCUT2D eigenvalue weighted by atomic mass is 16.2. The topological polar surface area (TPSA) is 171 Å². The van der Waals surface area contributed by atoms with Crippen molar-refractivity contribution in [2.45, 2.75) is 57.0 Å². The van der Waals surface area contributed by atoms with Crippen LogP contribution in [0.4, 0.5) is 0 Å². The van der Waals surface area contributed by atoms with Gasteiger partial charge in [-0.2, -0.15) is 5.10 Å². The average molecular weight is 474 g/mol. The minimum absolute atomic E-state index is 0.0720. The summed E-state index contributed by atoms with van der Waals surface area (Å²) in [5, 5.41) is 9.90. The molecule has 1 heterocycles. The van der Waals surface area contributed by atoms with Gasteiger partial charge in [-0.3, -0.25) is 19.1 Å². The van der Waals surface area contributed by atoms with E-state index < -0.39 is 17.9 Å². The van der Waals surface area contributed by atoms with Crippen LogP contribution in [0.3, 0.4) is 0 Å². The van der Waals surface area contributed by atoms with Crippen molar-refractivity contribution in [3.63, 3.8) is 0 Å². The van der Waals surface area contributed by atoms with Gasteiger partial charge in [0.1, 0.15) is 6.04 Å². The van der Waals surface area contributed by atoms with Gasteiger partial charge in [-0.25, -0.2) is 0 Å². The van der Waals surface area contributed by atoms with Crippen molar-refractivity contribution < 1.29 is 14.4 Å². The number of nitrogens with one attached hydrogen (secondary N) is 2. The number of nitrogens with zero attached hydrogens (tertiary/aromatic N) is 2. The predicted octanol–water partition coefficient (Wildman–Crippen LogP) is 0.854. The Hall–Kier alpha value is -3.24. The van der Waals surface area contributed by atoms with Gasteiger partial charge in [0.2, 0.25) is 17.7 Å². The van der Waals surface area contributed by atoms with E-state index in [4.69, 9.17) is 10.8 Å². The van der Waals surface area contributed by atoms with Crippen molar-refractivity contribution in [1.82, 2.24) is 20.4 Å². The van der Waals surface area contributed by atoms with E-state index >= 15 is 0 Å². The Balaban J connectivity index is 0.00000137. The molecule has 0 aliphatic heterocycles. The van der Waals surface area contributed by atoms with E-state index in [1.54, 1.807) is 0 Å². The standard InChI is InChI=1S/C22H29N5O3.2CH5N/c1-24-22(30)19(14-20(23)28)25-21(29)13-17-12-18(15-8-4-2-5-9-15)26-27(17)16-10-6-3-7-11-16;2*1-2/h2,4-5,8-9,12,16,19H,3,6-7,10-11,13-14H2,1H3,(H2,23,28)(H,24,30)(H,25,29);2*2H2,1H3/t19-;;/m0../s1. The predicted molar refractivity (Wildman–Crippen MR) is 134 cm³/mol. The largest absolute Gasteiger partial charge is 0.370 e. The number of carbonyl (C=O) groups is 3. The van der Waals surface area contributed by atoms with Crippen LogP contribution in [0, 0.1) is 0 Å². The maximum absolute atomic E-state index is 12.7. The van der Waals surface area contributed by atoms with Gasteiger partial charge in [0, 0.05) is 18.3 Å². The molecule has 34 heavy (non-hydrogen) atoms. The lowest BCUT2D eigenvalue weighted by Gasteiger charge is -2.24. The van der Waals surface area contributed by atoms with Gasteiger partial charge >= 0.3 is 0 Å². The minimum Gasteiger partial charge on any atom is -0.370 e. The summed E-state index contributed by atoms with van der Waals surface area (Å²) in [6.45, 7) is 0. The summed E-state index contributed by atoms with van der Waals surface area (Å²) in [6, 6.07) is 11.1. The number of likely N-dealkylation sites (N-methyl/N-ethyl adjacent to an activating group) is 1. The molecule has 8 N–H and O–H groups in total. The molecule has 0 spiro atoms. The van der Waals surface area contributed by atoms with E-state index in [0.29, 0.717) is 0 Å². The van der Waals surface area contributed by atoms with Crippen molar-refractivity contribution in [3.8, 4) is 11.3 Å². The zero-order chi connectivity index (χ0) is 25.5. The molecule has 1 aromatic carbocycles. The second-order valence-corrected chi connectivity index (χ2v) is 7.70. The van der Waals surface area contributed by atoms with Crippen LogP contribution < -0.4 is 27.8 Å². The number of carbonyl (C=O) groups excluding carboxylic acids is 3. The third-order valence-corrected chi connectivity index (χ3v) is 5.45. The Morgan fingerprint density at radius 3 is 2.24 bits per heavy atom. The van der Waals surface area contributed by atoms with E-state index in [1.807, 2.05) is 41.1 Å². The van der Waals surface area contributed by atoms with Crippen molar-refractivity contribution in [3.05, 3.63) is 42.1 Å². The quantitative estimate of drug-likeness (QED) is 0.380. The maximum Gasteiger partial charge on any atom is 0.242 e. The number of benzene rings is 1. The lowest BCUT2D eigenvalue weighted by Crippen LogP contribution is -2.48. The van der Waals surface area contributed by atoms with E-state index in [0.717, 1.165) is 42.6 Å². The third kappa shape index (κ3) is 8.60. The highest BCUT2D eigenvalue weighted by Gasteiger charge is 2.25. The van der Waals surface area contributed by atoms with E-state index in [2.05, 4.69) is 22.1 Å². The third-order valence-electron chi connectivity index (χ3n) is 5.45. The Morgan fingerprint density at radius 1 is 1.06 bits per heavy atom. The summed E-state index contributed by atoms with van der Waals surface area (Å²) >= 11 is 0. The van der Waals surface area contributed by atoms with Crippen LogP contribution in [0.1, 0.15) is 50.3 Å². The molecule has 3 rings (SSSR count). The zero-order valence-corrected chi connectivity index (χ0v) is 20.4. The van der Waals surface area contributed by atoms with Crippen molar-refractivity contribution in [2.75, 3.05) is 21.1 Å². The molecule has 0 radical (unpaired) electrons. The second kappa shape index (κ2) is 15.6. The first-order chi connectivity index (χ1) is 16.5. The van der Waals surface area contributed by atoms with Crippen LogP contribution >= 0.6 is 0 Å². The lowest BCUT2D eigenvalue weighted by atomic mass is 9.95. The Labute approximate surface area is 201 Å². The maximum atomic E-state index is 12.7. The molecule has 1 aromatic heterocycles. The molecule has 188 valence electrons. The van der Waals surface area contributed by atoms with Gasteiger partial charge < -0.3 is 27.8 Å². The minimum atomic E-state index is -0.986. The van der Waals surface area contributed by atoms with Gasteiger partial charge in [-0.1, -0.05) is 49.6 Å². The Bertz CT molecular complexity index is 893. The van der Waals surface area contributed by atoms with Crippen LogP contribution in [-0.2, 0) is 20.8 Å². The molecule has 1 aliphatic carbocycles. The number of aromatic nitrogens is 2. The van der Waals surface area contributed by atoms with Gasteiger partial charge in [0.15, 0.2) is 0 Å². The molecule has 10 heteroatoms. The number of hydrogen-bond acceptors (Lipinski definition) is 6. The molecular weight excluding hydrogens is 434 g/mol. The van der Waals surface area contributed by atoms with Crippen LogP contribution in [0.5, 0.6) is 0 Å². The molecule has 2 aromatic rings. The highest BCUT2D eigenvalue weighted by molar-refractivity contribution is 5.92. The van der Waals surface area contributed by atoms with E-state index in [-0.39, 0.29) is 24.8 Å². The zero-order valence-electron chi connectivity index (χ0n) is 20.4. The first kappa shape index (κ1) is 28.8. The average Bonchev–Trinajstić information content (AvgIpc) is 3.30. The van der Waals surface area contributed by atoms with E-state index in [1.165, 1.54) is 27.6 Å². The molecule has 10 nitrogen and oxygen atoms in total. The number of amides is 3. The Morgan fingerprint density at radius 2 is 1.68 bits per heavy atom. The molecule has 1 saturated carbocycles. The summed E-state index contributed by atoms with van der Waals surface area (Å²) in [5.41, 5.74) is 16.8. The molecule has 3 amide bonds. The van der Waals surface area contributed by atoms with Gasteiger partial charge in [0.25, 0.3) is 0 Å². The fourth-order valence-corrected chi connectivity index (χ4v) is 3.95. The SMILES string of the molecule is CN.CN.CNC(=O)[C@H](CC(N)=O)NC(=O)Cc1cc(-c2ccccc2)nn1C1CCCCC1. The molecular formula is C24H39N7O3. The highest BCUT2D eigenvalue weighted by Crippen LogP contribution is 2.31. The number of rotatable bonds is 8. The lowest BCUT2D eigenvalue weighted by molar-refractivity contribution is -0.130. The smallest absolute Gasteiger partial charge is 0.242 e. The fourth-order valence-electron chi connectivity index (χ4n) is 3.95. The Kier molecular flexibility index (Phi) is 13.2. The summed E-state index contributed by atoms with van der Waals surface area (Å²) in [5.74, 6) is -1.45. The van der Waals surface area contributed by atoms with Crippen LogP contribution in [0.25, 0.3) is 11.3 Å². The summed E-state index contributed by atoms with van der Waals surface area (Å²) < 4.78 is 1.98. The summed E-state index contributed by atoms with van der Waals surface area (Å²) in [7, 11) is 4.45.